The first-order valence-electron chi connectivity index (χ1n) is 5.94. The zero-order chi connectivity index (χ0) is 12.3. The summed E-state index contributed by atoms with van der Waals surface area (Å²) in [4.78, 5) is 8.60. The van der Waals surface area contributed by atoms with Crippen LogP contribution in [0.4, 0.5) is 5.69 Å². The number of pyridine rings is 1. The summed E-state index contributed by atoms with van der Waals surface area (Å²) in [5.74, 6) is 0.691. The van der Waals surface area contributed by atoms with Crippen molar-refractivity contribution in [2.45, 2.75) is 6.42 Å². The van der Waals surface area contributed by atoms with Gasteiger partial charge in [-0.1, -0.05) is 0 Å². The molecule has 4 heteroatoms. The highest BCUT2D eigenvalue weighted by Crippen LogP contribution is 2.21. The van der Waals surface area contributed by atoms with E-state index in [9.17, 15) is 0 Å². The lowest BCUT2D eigenvalue weighted by Crippen LogP contribution is -2.27. The second-order valence-electron chi connectivity index (χ2n) is 4.80. The Bertz CT molecular complexity index is 424. The van der Waals surface area contributed by atoms with Crippen molar-refractivity contribution in [3.8, 4) is 6.07 Å². The number of hydrogen-bond acceptors (Lipinski definition) is 4. The van der Waals surface area contributed by atoms with Crippen LogP contribution in [-0.4, -0.2) is 43.6 Å². The summed E-state index contributed by atoms with van der Waals surface area (Å²) >= 11 is 0. The molecule has 1 aliphatic heterocycles. The average Bonchev–Trinajstić information content (AvgIpc) is 2.74. The first-order valence-corrected chi connectivity index (χ1v) is 5.94. The molecule has 1 saturated heterocycles. The number of hydrogen-bond donors (Lipinski definition) is 0. The zero-order valence-corrected chi connectivity index (χ0v) is 10.4. The van der Waals surface area contributed by atoms with Gasteiger partial charge in [-0.25, -0.2) is 0 Å². The molecule has 0 radical (unpaired) electrons. The summed E-state index contributed by atoms with van der Waals surface area (Å²) in [5.41, 5.74) is 1.64. The Kier molecular flexibility index (Phi) is 3.60. The van der Waals surface area contributed by atoms with Crippen molar-refractivity contribution >= 4 is 5.69 Å². The van der Waals surface area contributed by atoms with Gasteiger partial charge in [0.15, 0.2) is 0 Å². The molecule has 2 heterocycles. The van der Waals surface area contributed by atoms with Crippen LogP contribution in [0.5, 0.6) is 0 Å². The van der Waals surface area contributed by atoms with Crippen molar-refractivity contribution in [1.29, 1.82) is 5.26 Å². The Labute approximate surface area is 102 Å². The van der Waals surface area contributed by atoms with Gasteiger partial charge in [-0.05, 0) is 32.0 Å². The molecule has 0 spiro atoms. The highest BCUT2D eigenvalue weighted by molar-refractivity contribution is 5.57. The maximum atomic E-state index is 9.06. The normalized spacial score (nSPS) is 20.2. The van der Waals surface area contributed by atoms with E-state index in [-0.39, 0.29) is 0 Å². The van der Waals surface area contributed by atoms with Crippen LogP contribution < -0.4 is 4.90 Å². The molecular formula is C13H18N4. The third-order valence-corrected chi connectivity index (χ3v) is 3.35. The Balaban J connectivity index is 2.04. The number of nitriles is 1. The van der Waals surface area contributed by atoms with Gasteiger partial charge in [0.05, 0.1) is 17.4 Å². The Hall–Kier alpha value is -1.60. The lowest BCUT2D eigenvalue weighted by atomic mass is 10.1. The van der Waals surface area contributed by atoms with E-state index in [4.69, 9.17) is 5.26 Å². The minimum Gasteiger partial charge on any atom is -0.372 e. The fraction of sp³-hybridized carbons (Fsp3) is 0.538. The van der Waals surface area contributed by atoms with Crippen LogP contribution in [0.3, 0.4) is 0 Å². The molecule has 90 valence electrons. The molecule has 4 nitrogen and oxygen atoms in total. The fourth-order valence-corrected chi connectivity index (χ4v) is 2.45. The lowest BCUT2D eigenvalue weighted by molar-refractivity contribution is 0.396. The van der Waals surface area contributed by atoms with Crippen LogP contribution in [0.1, 0.15) is 12.0 Å². The fourth-order valence-electron chi connectivity index (χ4n) is 2.45. The summed E-state index contributed by atoms with van der Waals surface area (Å²) in [7, 11) is 4.20. The van der Waals surface area contributed by atoms with E-state index in [0.29, 0.717) is 11.5 Å². The van der Waals surface area contributed by atoms with E-state index in [1.165, 1.54) is 13.0 Å². The number of nitrogens with zero attached hydrogens (tertiary/aromatic N) is 4. The Morgan fingerprint density at radius 3 is 3.12 bits per heavy atom. The standard InChI is InChI=1S/C13H18N4/c1-16-6-4-11(9-16)10-17(2)13-8-15-5-3-12(13)7-14/h3,5,8,11H,4,6,9-10H2,1-2H3. The van der Waals surface area contributed by atoms with Gasteiger partial charge in [0.1, 0.15) is 6.07 Å². The Morgan fingerprint density at radius 1 is 1.65 bits per heavy atom. The smallest absolute Gasteiger partial charge is 0.101 e. The van der Waals surface area contributed by atoms with Crippen LogP contribution in [0.2, 0.25) is 0 Å². The van der Waals surface area contributed by atoms with Gasteiger partial charge in [-0.2, -0.15) is 5.26 Å². The topological polar surface area (TPSA) is 43.2 Å². The molecule has 0 amide bonds. The molecule has 0 aromatic carbocycles. The van der Waals surface area contributed by atoms with Crippen LogP contribution in [0, 0.1) is 17.2 Å². The highest BCUT2D eigenvalue weighted by Gasteiger charge is 2.21. The Morgan fingerprint density at radius 2 is 2.47 bits per heavy atom. The molecule has 1 atom stereocenters. The van der Waals surface area contributed by atoms with Crippen molar-refractivity contribution in [3.05, 3.63) is 24.0 Å². The molecule has 0 N–H and O–H groups in total. The quantitative estimate of drug-likeness (QED) is 0.786. The monoisotopic (exact) mass is 230 g/mol. The molecule has 0 saturated carbocycles. The summed E-state index contributed by atoms with van der Waals surface area (Å²) in [6.45, 7) is 3.31. The maximum Gasteiger partial charge on any atom is 0.101 e. The number of likely N-dealkylation sites (tertiary alicyclic amines) is 1. The van der Waals surface area contributed by atoms with Gasteiger partial charge in [0.25, 0.3) is 0 Å². The molecular weight excluding hydrogens is 212 g/mol. The molecule has 0 aliphatic carbocycles. The average molecular weight is 230 g/mol. The minimum atomic E-state index is 0.691. The molecule has 17 heavy (non-hydrogen) atoms. The van der Waals surface area contributed by atoms with Crippen molar-refractivity contribution in [2.75, 3.05) is 38.6 Å². The minimum absolute atomic E-state index is 0.691. The van der Waals surface area contributed by atoms with Gasteiger partial charge in [-0.15, -0.1) is 0 Å². The first kappa shape index (κ1) is 11.9. The van der Waals surface area contributed by atoms with Crippen molar-refractivity contribution in [1.82, 2.24) is 9.88 Å². The zero-order valence-electron chi connectivity index (χ0n) is 10.4. The van der Waals surface area contributed by atoms with Gasteiger partial charge in [0, 0.05) is 26.3 Å². The maximum absolute atomic E-state index is 9.06. The van der Waals surface area contributed by atoms with Gasteiger partial charge >= 0.3 is 0 Å². The third kappa shape index (κ3) is 2.75. The van der Waals surface area contributed by atoms with Crippen LogP contribution in [0.15, 0.2) is 18.5 Å². The molecule has 1 aliphatic rings. The number of rotatable bonds is 3. The van der Waals surface area contributed by atoms with Crippen molar-refractivity contribution in [2.24, 2.45) is 5.92 Å². The molecule has 2 rings (SSSR count). The van der Waals surface area contributed by atoms with E-state index in [1.54, 1.807) is 18.5 Å². The van der Waals surface area contributed by atoms with Gasteiger partial charge in [-0.3, -0.25) is 4.98 Å². The number of aromatic nitrogens is 1. The predicted octanol–water partition coefficient (Wildman–Crippen LogP) is 1.34. The van der Waals surface area contributed by atoms with Crippen LogP contribution >= 0.6 is 0 Å². The third-order valence-electron chi connectivity index (χ3n) is 3.35. The second-order valence-corrected chi connectivity index (χ2v) is 4.80. The summed E-state index contributed by atoms with van der Waals surface area (Å²) < 4.78 is 0. The van der Waals surface area contributed by atoms with E-state index < -0.39 is 0 Å². The largest absolute Gasteiger partial charge is 0.372 e. The van der Waals surface area contributed by atoms with E-state index in [1.807, 2.05) is 7.05 Å². The van der Waals surface area contributed by atoms with E-state index in [2.05, 4.69) is 27.9 Å². The number of anilines is 1. The lowest BCUT2D eigenvalue weighted by Gasteiger charge is -2.23. The van der Waals surface area contributed by atoms with E-state index >= 15 is 0 Å². The summed E-state index contributed by atoms with van der Waals surface area (Å²) in [6, 6.07) is 3.99. The SMILES string of the molecule is CN1CCC(CN(C)c2cnccc2C#N)C1. The van der Waals surface area contributed by atoms with Crippen molar-refractivity contribution < 1.29 is 0 Å². The highest BCUT2D eigenvalue weighted by atomic mass is 15.2. The molecule has 1 fully saturated rings. The predicted molar refractivity (Wildman–Crippen MR) is 67.8 cm³/mol. The first-order chi connectivity index (χ1) is 8.20. The summed E-state index contributed by atoms with van der Waals surface area (Å²) in [6.07, 6.45) is 4.68. The second kappa shape index (κ2) is 5.15. The summed E-state index contributed by atoms with van der Waals surface area (Å²) in [5, 5.41) is 9.06. The van der Waals surface area contributed by atoms with Crippen LogP contribution in [-0.2, 0) is 0 Å². The molecule has 1 unspecified atom stereocenters. The van der Waals surface area contributed by atoms with Gasteiger partial charge in [0.2, 0.25) is 0 Å². The molecule has 1 aromatic rings. The van der Waals surface area contributed by atoms with E-state index in [0.717, 1.165) is 18.8 Å². The van der Waals surface area contributed by atoms with Crippen LogP contribution in [0.25, 0.3) is 0 Å². The van der Waals surface area contributed by atoms with Gasteiger partial charge < -0.3 is 9.80 Å². The molecule has 1 aromatic heterocycles. The molecule has 0 bridgehead atoms. The van der Waals surface area contributed by atoms with Crippen molar-refractivity contribution in [3.63, 3.8) is 0 Å².